The fourth-order valence-electron chi connectivity index (χ4n) is 2.08. The standard InChI is InChI=1S/C10H15NO2/c1-7-8(2)13-10(12)9(7)11-5-3-4-6-11/h9H,3-6H2,1-2H3. The van der Waals surface area contributed by atoms with Crippen molar-refractivity contribution in [3.8, 4) is 0 Å². The van der Waals surface area contributed by atoms with E-state index in [0.717, 1.165) is 24.4 Å². The van der Waals surface area contributed by atoms with E-state index < -0.39 is 0 Å². The van der Waals surface area contributed by atoms with Crippen LogP contribution in [0.4, 0.5) is 0 Å². The van der Waals surface area contributed by atoms with Crippen LogP contribution in [-0.2, 0) is 9.53 Å². The van der Waals surface area contributed by atoms with Gasteiger partial charge in [0.15, 0.2) is 0 Å². The number of likely N-dealkylation sites (tertiary alicyclic amines) is 1. The molecule has 0 N–H and O–H groups in total. The number of hydrogen-bond acceptors (Lipinski definition) is 3. The maximum atomic E-state index is 11.5. The fourth-order valence-corrected chi connectivity index (χ4v) is 2.08. The molecule has 0 saturated carbocycles. The number of carbonyl (C=O) groups excluding carboxylic acids is 1. The van der Waals surface area contributed by atoms with E-state index in [-0.39, 0.29) is 12.0 Å². The number of allylic oxidation sites excluding steroid dienone is 1. The van der Waals surface area contributed by atoms with Gasteiger partial charge in [0.05, 0.1) is 0 Å². The Morgan fingerprint density at radius 2 is 1.92 bits per heavy atom. The third-order valence-electron chi connectivity index (χ3n) is 2.95. The molecule has 0 aromatic heterocycles. The van der Waals surface area contributed by atoms with Crippen molar-refractivity contribution >= 4 is 5.97 Å². The summed E-state index contributed by atoms with van der Waals surface area (Å²) in [6.45, 7) is 5.92. The van der Waals surface area contributed by atoms with E-state index in [0.29, 0.717) is 0 Å². The summed E-state index contributed by atoms with van der Waals surface area (Å²) in [5.41, 5.74) is 1.09. The third-order valence-corrected chi connectivity index (χ3v) is 2.95. The molecule has 0 radical (unpaired) electrons. The zero-order valence-electron chi connectivity index (χ0n) is 8.17. The summed E-state index contributed by atoms with van der Waals surface area (Å²) >= 11 is 0. The van der Waals surface area contributed by atoms with E-state index in [1.165, 1.54) is 12.8 Å². The van der Waals surface area contributed by atoms with Crippen molar-refractivity contribution in [2.24, 2.45) is 0 Å². The van der Waals surface area contributed by atoms with Gasteiger partial charge < -0.3 is 4.74 Å². The van der Waals surface area contributed by atoms with E-state index in [1.807, 2.05) is 13.8 Å². The van der Waals surface area contributed by atoms with Gasteiger partial charge in [-0.05, 0) is 45.4 Å². The van der Waals surface area contributed by atoms with Crippen LogP contribution in [0, 0.1) is 0 Å². The maximum Gasteiger partial charge on any atom is 0.332 e. The van der Waals surface area contributed by atoms with Gasteiger partial charge >= 0.3 is 5.97 Å². The minimum atomic E-state index is -0.0862. The van der Waals surface area contributed by atoms with Crippen molar-refractivity contribution in [3.05, 3.63) is 11.3 Å². The highest BCUT2D eigenvalue weighted by Gasteiger charge is 2.36. The molecule has 0 spiro atoms. The Morgan fingerprint density at radius 3 is 2.38 bits per heavy atom. The van der Waals surface area contributed by atoms with Gasteiger partial charge in [-0.3, -0.25) is 4.90 Å². The Morgan fingerprint density at radius 1 is 1.31 bits per heavy atom. The first kappa shape index (κ1) is 8.75. The second kappa shape index (κ2) is 3.14. The van der Waals surface area contributed by atoms with Crippen LogP contribution < -0.4 is 0 Å². The first-order chi connectivity index (χ1) is 6.20. The van der Waals surface area contributed by atoms with Crippen LogP contribution in [0.1, 0.15) is 26.7 Å². The van der Waals surface area contributed by atoms with Gasteiger partial charge in [0.2, 0.25) is 0 Å². The van der Waals surface area contributed by atoms with Crippen molar-refractivity contribution in [3.63, 3.8) is 0 Å². The van der Waals surface area contributed by atoms with E-state index in [4.69, 9.17) is 4.74 Å². The molecule has 13 heavy (non-hydrogen) atoms. The van der Waals surface area contributed by atoms with Crippen molar-refractivity contribution < 1.29 is 9.53 Å². The predicted octanol–water partition coefficient (Wildman–Crippen LogP) is 1.30. The summed E-state index contributed by atoms with van der Waals surface area (Å²) in [6, 6.07) is -0.0810. The lowest BCUT2D eigenvalue weighted by atomic mass is 10.1. The van der Waals surface area contributed by atoms with Crippen LogP contribution in [0.5, 0.6) is 0 Å². The first-order valence-electron chi connectivity index (χ1n) is 4.83. The number of cyclic esters (lactones) is 1. The Balaban J connectivity index is 2.17. The van der Waals surface area contributed by atoms with Gasteiger partial charge in [-0.1, -0.05) is 0 Å². The Labute approximate surface area is 78.4 Å². The molecule has 2 aliphatic rings. The second-order valence-electron chi connectivity index (χ2n) is 3.81. The number of rotatable bonds is 1. The lowest BCUT2D eigenvalue weighted by molar-refractivity contribution is -0.140. The molecular formula is C10H15NO2. The molecule has 3 heteroatoms. The van der Waals surface area contributed by atoms with Crippen LogP contribution in [0.15, 0.2) is 11.3 Å². The summed E-state index contributed by atoms with van der Waals surface area (Å²) < 4.78 is 5.10. The highest BCUT2D eigenvalue weighted by atomic mass is 16.5. The lowest BCUT2D eigenvalue weighted by Crippen LogP contribution is -2.37. The predicted molar refractivity (Wildman–Crippen MR) is 49.1 cm³/mol. The highest BCUT2D eigenvalue weighted by Crippen LogP contribution is 2.27. The molecule has 1 fully saturated rings. The van der Waals surface area contributed by atoms with Gasteiger partial charge in [0.1, 0.15) is 11.8 Å². The van der Waals surface area contributed by atoms with Crippen molar-refractivity contribution in [1.82, 2.24) is 4.90 Å². The Bertz CT molecular complexity index is 264. The SMILES string of the molecule is CC1=C(C)C(N2CCCC2)C(=O)O1. The molecular weight excluding hydrogens is 166 g/mol. The minimum absolute atomic E-state index is 0.0810. The lowest BCUT2D eigenvalue weighted by Gasteiger charge is -2.20. The molecule has 72 valence electrons. The van der Waals surface area contributed by atoms with Crippen molar-refractivity contribution in [2.75, 3.05) is 13.1 Å². The smallest absolute Gasteiger partial charge is 0.332 e. The molecule has 2 aliphatic heterocycles. The molecule has 0 bridgehead atoms. The molecule has 1 unspecified atom stereocenters. The molecule has 0 amide bonds. The van der Waals surface area contributed by atoms with E-state index in [9.17, 15) is 4.79 Å². The van der Waals surface area contributed by atoms with Gasteiger partial charge in [-0.25, -0.2) is 4.79 Å². The van der Waals surface area contributed by atoms with Crippen LogP contribution in [-0.4, -0.2) is 30.0 Å². The van der Waals surface area contributed by atoms with Gasteiger partial charge in [-0.2, -0.15) is 0 Å². The van der Waals surface area contributed by atoms with E-state index in [1.54, 1.807) is 0 Å². The van der Waals surface area contributed by atoms with Crippen LogP contribution in [0.2, 0.25) is 0 Å². The van der Waals surface area contributed by atoms with Crippen molar-refractivity contribution in [2.45, 2.75) is 32.7 Å². The minimum Gasteiger partial charge on any atom is -0.430 e. The summed E-state index contributed by atoms with van der Waals surface area (Å²) in [5.74, 6) is 0.707. The van der Waals surface area contributed by atoms with Gasteiger partial charge in [0, 0.05) is 0 Å². The van der Waals surface area contributed by atoms with Gasteiger partial charge in [-0.15, -0.1) is 0 Å². The quantitative estimate of drug-likeness (QED) is 0.571. The molecule has 3 nitrogen and oxygen atoms in total. The van der Waals surface area contributed by atoms with Crippen LogP contribution >= 0.6 is 0 Å². The number of ether oxygens (including phenoxy) is 1. The summed E-state index contributed by atoms with van der Waals surface area (Å²) in [5, 5.41) is 0. The maximum absolute atomic E-state index is 11.5. The monoisotopic (exact) mass is 181 g/mol. The average molecular weight is 181 g/mol. The first-order valence-corrected chi connectivity index (χ1v) is 4.83. The highest BCUT2D eigenvalue weighted by molar-refractivity contribution is 5.83. The summed E-state index contributed by atoms with van der Waals surface area (Å²) in [7, 11) is 0. The molecule has 2 rings (SSSR count). The van der Waals surface area contributed by atoms with Crippen LogP contribution in [0.3, 0.4) is 0 Å². The largest absolute Gasteiger partial charge is 0.430 e. The second-order valence-corrected chi connectivity index (χ2v) is 3.81. The topological polar surface area (TPSA) is 29.5 Å². The average Bonchev–Trinajstić information content (AvgIpc) is 2.63. The summed E-state index contributed by atoms with van der Waals surface area (Å²) in [6.07, 6.45) is 2.41. The number of esters is 1. The zero-order valence-corrected chi connectivity index (χ0v) is 8.17. The zero-order chi connectivity index (χ0) is 9.42. The number of carbonyl (C=O) groups is 1. The van der Waals surface area contributed by atoms with E-state index >= 15 is 0 Å². The molecule has 2 heterocycles. The Hall–Kier alpha value is -0.830. The fraction of sp³-hybridized carbons (Fsp3) is 0.700. The van der Waals surface area contributed by atoms with Crippen LogP contribution in [0.25, 0.3) is 0 Å². The molecule has 1 saturated heterocycles. The number of hydrogen-bond donors (Lipinski definition) is 0. The summed E-state index contributed by atoms with van der Waals surface area (Å²) in [4.78, 5) is 13.7. The number of nitrogens with zero attached hydrogens (tertiary/aromatic N) is 1. The third kappa shape index (κ3) is 1.37. The molecule has 0 aromatic rings. The van der Waals surface area contributed by atoms with Crippen molar-refractivity contribution in [1.29, 1.82) is 0 Å². The molecule has 0 aliphatic carbocycles. The van der Waals surface area contributed by atoms with E-state index in [2.05, 4.69) is 4.90 Å². The Kier molecular flexibility index (Phi) is 2.12. The molecule has 0 aromatic carbocycles. The van der Waals surface area contributed by atoms with Gasteiger partial charge in [0.25, 0.3) is 0 Å². The normalized spacial score (nSPS) is 30.0. The molecule has 1 atom stereocenters.